The van der Waals surface area contributed by atoms with Crippen molar-refractivity contribution in [2.75, 3.05) is 6.61 Å². The molecule has 214 valence electrons. The van der Waals surface area contributed by atoms with Crippen molar-refractivity contribution in [3.8, 4) is 0 Å². The van der Waals surface area contributed by atoms with Crippen LogP contribution in [-0.4, -0.2) is 75.8 Å². The van der Waals surface area contributed by atoms with Gasteiger partial charge in [0.15, 0.2) is 29.4 Å². The van der Waals surface area contributed by atoms with E-state index in [1.165, 1.54) is 19.1 Å². The van der Waals surface area contributed by atoms with Crippen LogP contribution >= 0.6 is 0 Å². The van der Waals surface area contributed by atoms with Gasteiger partial charge in [0.1, 0.15) is 6.17 Å². The first kappa shape index (κ1) is 28.0. The van der Waals surface area contributed by atoms with Gasteiger partial charge in [-0.15, -0.1) is 0 Å². The van der Waals surface area contributed by atoms with E-state index in [-0.39, 0.29) is 24.8 Å². The number of carboxylic acid groups (broad SMARTS) is 1. The first-order chi connectivity index (χ1) is 18.0. The summed E-state index contributed by atoms with van der Waals surface area (Å²) in [6.45, 7) is 5.72. The molecule has 39 heavy (non-hydrogen) atoms. The number of aliphatic hydroxyl groups excluding tert-OH is 1. The number of carboxylic acids is 1. The minimum Gasteiger partial charge on any atom is -0.481 e. The van der Waals surface area contributed by atoms with E-state index in [1.54, 1.807) is 20.8 Å². The second kappa shape index (κ2) is 8.75. The van der Waals surface area contributed by atoms with Crippen molar-refractivity contribution in [2.24, 2.45) is 22.7 Å². The van der Waals surface area contributed by atoms with Crippen LogP contribution in [0.25, 0.3) is 0 Å². The van der Waals surface area contributed by atoms with Crippen molar-refractivity contribution in [3.05, 3.63) is 23.8 Å². The molecule has 0 aromatic carbocycles. The van der Waals surface area contributed by atoms with Crippen molar-refractivity contribution in [1.29, 1.82) is 0 Å². The van der Waals surface area contributed by atoms with Gasteiger partial charge in [0.2, 0.25) is 5.78 Å². The molecule has 5 rings (SSSR count). The van der Waals surface area contributed by atoms with Gasteiger partial charge >= 0.3 is 11.9 Å². The molecule has 0 spiro atoms. The van der Waals surface area contributed by atoms with Crippen molar-refractivity contribution in [1.82, 2.24) is 0 Å². The summed E-state index contributed by atoms with van der Waals surface area (Å²) in [7, 11) is 0. The maximum atomic E-state index is 17.4. The number of rotatable bonds is 6. The van der Waals surface area contributed by atoms with Gasteiger partial charge in [-0.1, -0.05) is 13.0 Å². The minimum atomic E-state index is -2.33. The molecule has 1 aliphatic heterocycles. The van der Waals surface area contributed by atoms with Crippen LogP contribution in [0.3, 0.4) is 0 Å². The number of alkyl halides is 2. The molecule has 9 atom stereocenters. The molecule has 0 bridgehead atoms. The predicted octanol–water partition coefficient (Wildman–Crippen LogP) is 2.78. The summed E-state index contributed by atoms with van der Waals surface area (Å²) in [6, 6.07) is 0. The number of ketones is 2. The average molecular weight is 553 g/mol. The number of halogens is 2. The zero-order valence-electron chi connectivity index (χ0n) is 22.4. The third kappa shape index (κ3) is 3.72. The van der Waals surface area contributed by atoms with Crippen LogP contribution in [0, 0.1) is 22.7 Å². The normalized spacial score (nSPS) is 45.5. The molecule has 5 aliphatic rings. The van der Waals surface area contributed by atoms with Gasteiger partial charge < -0.3 is 24.4 Å². The summed E-state index contributed by atoms with van der Waals surface area (Å²) in [4.78, 5) is 48.8. The lowest BCUT2D eigenvalue weighted by atomic mass is 9.44. The molecule has 2 N–H and O–H groups in total. The molecule has 1 saturated heterocycles. The number of esters is 1. The molecule has 1 heterocycles. The Morgan fingerprint density at radius 3 is 2.49 bits per heavy atom. The summed E-state index contributed by atoms with van der Waals surface area (Å²) >= 11 is 0. The fraction of sp³-hybridized carbons (Fsp3) is 0.714. The standard InChI is InChI=1S/C28H34F2O9/c1-24(2)38-21-11-15-16-10-18(29)17-9-14(31)7-8-25(17,3)27(16,30)19(32)12-26(15,4)28(21,39-24)20(33)13-37-23(36)6-5-22(34)35/h7-9,15-16,18-19,21,32H,5-6,10-13H2,1-4H3,(H,34,35)/t15-,16-,18-,19-,21+,25-,26-,27-,28+/m0/s1. The Bertz CT molecular complexity index is 1200. The average Bonchev–Trinajstić information content (AvgIpc) is 3.25. The highest BCUT2D eigenvalue weighted by Gasteiger charge is 2.80. The molecule has 0 aromatic heterocycles. The SMILES string of the molecule is CC1(C)O[C@@H]2C[C@H]3[C@@H]4C[C@H](F)C5=CC(=O)C=C[C@]5(C)[C@@]4(F)[C@@H](O)C[C@]3(C)[C@]2(C(=O)COC(=O)CCC(=O)O)O1. The van der Waals surface area contributed by atoms with Crippen LogP contribution in [0.1, 0.15) is 59.8 Å². The number of ether oxygens (including phenoxy) is 3. The van der Waals surface area contributed by atoms with Gasteiger partial charge in [-0.3, -0.25) is 19.2 Å². The van der Waals surface area contributed by atoms with Crippen molar-refractivity contribution >= 4 is 23.5 Å². The lowest BCUT2D eigenvalue weighted by Crippen LogP contribution is -2.71. The van der Waals surface area contributed by atoms with E-state index in [4.69, 9.17) is 19.3 Å². The van der Waals surface area contributed by atoms with E-state index >= 15 is 8.78 Å². The Morgan fingerprint density at radius 2 is 1.82 bits per heavy atom. The summed E-state index contributed by atoms with van der Waals surface area (Å²) in [6.07, 6.45) is -1.74. The summed E-state index contributed by atoms with van der Waals surface area (Å²) < 4.78 is 50.6. The van der Waals surface area contributed by atoms with E-state index in [0.29, 0.717) is 0 Å². The number of carbonyl (C=O) groups is 4. The van der Waals surface area contributed by atoms with Gasteiger partial charge in [0, 0.05) is 16.7 Å². The minimum absolute atomic E-state index is 0.00212. The van der Waals surface area contributed by atoms with Crippen LogP contribution in [0.4, 0.5) is 8.78 Å². The van der Waals surface area contributed by atoms with E-state index in [1.807, 2.05) is 0 Å². The predicted molar refractivity (Wildman–Crippen MR) is 130 cm³/mol. The molecule has 3 saturated carbocycles. The summed E-state index contributed by atoms with van der Waals surface area (Å²) in [5, 5.41) is 20.3. The highest BCUT2D eigenvalue weighted by atomic mass is 19.1. The molecular formula is C28H34F2O9. The van der Waals surface area contributed by atoms with Gasteiger partial charge in [0.25, 0.3) is 0 Å². The maximum Gasteiger partial charge on any atom is 0.306 e. The molecular weight excluding hydrogens is 518 g/mol. The van der Waals surface area contributed by atoms with Crippen LogP contribution in [0.5, 0.6) is 0 Å². The summed E-state index contributed by atoms with van der Waals surface area (Å²) in [5.74, 6) is -6.06. The number of aliphatic carboxylic acids is 1. The first-order valence-corrected chi connectivity index (χ1v) is 13.3. The largest absolute Gasteiger partial charge is 0.481 e. The fourth-order valence-electron chi connectivity index (χ4n) is 8.34. The van der Waals surface area contributed by atoms with Crippen molar-refractivity contribution < 1.29 is 52.4 Å². The molecule has 0 unspecified atom stereocenters. The maximum absolute atomic E-state index is 17.4. The van der Waals surface area contributed by atoms with E-state index in [0.717, 1.165) is 6.08 Å². The van der Waals surface area contributed by atoms with Crippen LogP contribution in [-0.2, 0) is 33.4 Å². The van der Waals surface area contributed by atoms with Crippen LogP contribution in [0.15, 0.2) is 23.8 Å². The molecule has 9 nitrogen and oxygen atoms in total. The Kier molecular flexibility index (Phi) is 6.29. The Balaban J connectivity index is 1.52. The summed E-state index contributed by atoms with van der Waals surface area (Å²) in [5.41, 5.74) is -6.84. The van der Waals surface area contributed by atoms with Gasteiger partial charge in [-0.2, -0.15) is 0 Å². The van der Waals surface area contributed by atoms with E-state index in [2.05, 4.69) is 0 Å². The molecule has 0 radical (unpaired) electrons. The number of aliphatic hydroxyl groups is 1. The van der Waals surface area contributed by atoms with E-state index < -0.39 is 101 Å². The number of hydrogen-bond donors (Lipinski definition) is 2. The molecule has 11 heteroatoms. The number of carbonyl (C=O) groups excluding carboxylic acids is 3. The van der Waals surface area contributed by atoms with Crippen LogP contribution < -0.4 is 0 Å². The zero-order valence-corrected chi connectivity index (χ0v) is 22.4. The van der Waals surface area contributed by atoms with Crippen molar-refractivity contribution in [2.45, 2.75) is 95.2 Å². The molecule has 4 aliphatic carbocycles. The first-order valence-electron chi connectivity index (χ1n) is 13.3. The van der Waals surface area contributed by atoms with E-state index in [9.17, 15) is 24.3 Å². The quantitative estimate of drug-likeness (QED) is 0.477. The lowest BCUT2D eigenvalue weighted by molar-refractivity contribution is -0.249. The van der Waals surface area contributed by atoms with Gasteiger partial charge in [0.05, 0.1) is 25.0 Å². The highest BCUT2D eigenvalue weighted by Crippen LogP contribution is 2.72. The second-order valence-corrected chi connectivity index (χ2v) is 12.4. The number of Topliss-reactive ketones (excluding diaryl/α,β-unsaturated/α-hetero) is 1. The smallest absolute Gasteiger partial charge is 0.306 e. The highest BCUT2D eigenvalue weighted by molar-refractivity contribution is 6.01. The zero-order chi connectivity index (χ0) is 28.8. The third-order valence-corrected chi connectivity index (χ3v) is 9.94. The Labute approximate surface area is 224 Å². The number of hydrogen-bond acceptors (Lipinski definition) is 8. The molecule has 0 amide bonds. The number of fused-ring (bicyclic) bond motifs is 7. The van der Waals surface area contributed by atoms with Crippen molar-refractivity contribution in [3.63, 3.8) is 0 Å². The van der Waals surface area contributed by atoms with Crippen LogP contribution in [0.2, 0.25) is 0 Å². The Morgan fingerprint density at radius 1 is 1.13 bits per heavy atom. The lowest BCUT2D eigenvalue weighted by Gasteiger charge is -2.63. The topological polar surface area (TPSA) is 136 Å². The fourth-order valence-corrected chi connectivity index (χ4v) is 8.34. The van der Waals surface area contributed by atoms with Gasteiger partial charge in [-0.05, 0) is 63.7 Å². The second-order valence-electron chi connectivity index (χ2n) is 12.4. The molecule has 0 aromatic rings. The Hall–Kier alpha value is -2.50. The monoisotopic (exact) mass is 552 g/mol. The number of allylic oxidation sites excluding steroid dienone is 4. The molecule has 4 fully saturated rings. The third-order valence-electron chi connectivity index (χ3n) is 9.94. The van der Waals surface area contributed by atoms with Gasteiger partial charge in [-0.25, -0.2) is 8.78 Å².